The van der Waals surface area contributed by atoms with Crippen LogP contribution in [0.4, 0.5) is 0 Å². The second-order valence-electron chi connectivity index (χ2n) is 3.77. The fourth-order valence-corrected chi connectivity index (χ4v) is 1.79. The normalized spacial score (nSPS) is 19.7. The lowest BCUT2D eigenvalue weighted by Crippen LogP contribution is -2.37. The maximum Gasteiger partial charge on any atom is 0.123 e. The highest BCUT2D eigenvalue weighted by Crippen LogP contribution is 2.21. The molecular formula is C12H18ClNO2. The summed E-state index contributed by atoms with van der Waals surface area (Å²) in [7, 11) is 1.67. The van der Waals surface area contributed by atoms with Gasteiger partial charge in [0.25, 0.3) is 0 Å². The molecule has 1 atom stereocenters. The third-order valence-corrected chi connectivity index (χ3v) is 2.60. The van der Waals surface area contributed by atoms with Crippen molar-refractivity contribution in [1.29, 1.82) is 0 Å². The van der Waals surface area contributed by atoms with E-state index < -0.39 is 0 Å². The first-order chi connectivity index (χ1) is 7.38. The number of halogens is 1. The molecule has 16 heavy (non-hydrogen) atoms. The van der Waals surface area contributed by atoms with Crippen molar-refractivity contribution < 1.29 is 9.47 Å². The van der Waals surface area contributed by atoms with Crippen LogP contribution in [-0.2, 0) is 0 Å². The molecule has 1 saturated heterocycles. The van der Waals surface area contributed by atoms with Crippen LogP contribution in [-0.4, -0.2) is 26.3 Å². The fourth-order valence-electron chi connectivity index (χ4n) is 1.79. The second-order valence-corrected chi connectivity index (χ2v) is 3.77. The first-order valence-electron chi connectivity index (χ1n) is 5.40. The lowest BCUT2D eigenvalue weighted by molar-refractivity contribution is 0.166. The smallest absolute Gasteiger partial charge is 0.123 e. The summed E-state index contributed by atoms with van der Waals surface area (Å²) in [5.41, 5.74) is 0. The van der Waals surface area contributed by atoms with E-state index in [0.29, 0.717) is 6.10 Å². The summed E-state index contributed by atoms with van der Waals surface area (Å²) in [6, 6.07) is 7.77. The van der Waals surface area contributed by atoms with Gasteiger partial charge in [-0.1, -0.05) is 6.07 Å². The molecule has 0 radical (unpaired) electrons. The van der Waals surface area contributed by atoms with E-state index in [1.807, 2.05) is 24.3 Å². The van der Waals surface area contributed by atoms with Crippen LogP contribution in [0.15, 0.2) is 24.3 Å². The Hall–Kier alpha value is -0.930. The summed E-state index contributed by atoms with van der Waals surface area (Å²) in [6.07, 6.45) is 2.62. The summed E-state index contributed by atoms with van der Waals surface area (Å²) in [5.74, 6) is 1.74. The molecular weight excluding hydrogens is 226 g/mol. The zero-order chi connectivity index (χ0) is 10.5. The molecule has 1 fully saturated rings. The van der Waals surface area contributed by atoms with Crippen molar-refractivity contribution in [2.45, 2.75) is 18.9 Å². The van der Waals surface area contributed by atoms with Crippen LogP contribution in [0.25, 0.3) is 0 Å². The summed E-state index contributed by atoms with van der Waals surface area (Å²) < 4.78 is 11.0. The average molecular weight is 244 g/mol. The van der Waals surface area contributed by atoms with E-state index in [9.17, 15) is 0 Å². The van der Waals surface area contributed by atoms with Crippen LogP contribution in [0.3, 0.4) is 0 Å². The molecule has 1 aliphatic heterocycles. The molecule has 0 saturated carbocycles. The molecule has 90 valence electrons. The third kappa shape index (κ3) is 3.58. The summed E-state index contributed by atoms with van der Waals surface area (Å²) in [6.45, 7) is 2.05. The summed E-state index contributed by atoms with van der Waals surface area (Å²) in [4.78, 5) is 0. The second kappa shape index (κ2) is 6.61. The Balaban J connectivity index is 0.00000128. The van der Waals surface area contributed by atoms with Gasteiger partial charge in [-0.3, -0.25) is 0 Å². The van der Waals surface area contributed by atoms with Crippen LogP contribution >= 0.6 is 12.4 Å². The van der Waals surface area contributed by atoms with Gasteiger partial charge in [-0.2, -0.15) is 0 Å². The van der Waals surface area contributed by atoms with Crippen LogP contribution < -0.4 is 14.8 Å². The van der Waals surface area contributed by atoms with Gasteiger partial charge in [0.15, 0.2) is 0 Å². The first-order valence-corrected chi connectivity index (χ1v) is 5.40. The zero-order valence-corrected chi connectivity index (χ0v) is 10.3. The van der Waals surface area contributed by atoms with Crippen molar-refractivity contribution in [1.82, 2.24) is 5.32 Å². The number of piperidine rings is 1. The Labute approximate surface area is 103 Å². The number of hydrogen-bond donors (Lipinski definition) is 1. The minimum absolute atomic E-state index is 0. The van der Waals surface area contributed by atoms with Gasteiger partial charge in [-0.25, -0.2) is 0 Å². The van der Waals surface area contributed by atoms with Crippen molar-refractivity contribution in [2.75, 3.05) is 20.2 Å². The first kappa shape index (κ1) is 13.1. The molecule has 2 rings (SSSR count). The maximum absolute atomic E-state index is 5.86. The van der Waals surface area contributed by atoms with Gasteiger partial charge in [-0.05, 0) is 31.5 Å². The van der Waals surface area contributed by atoms with Gasteiger partial charge in [0.1, 0.15) is 17.6 Å². The van der Waals surface area contributed by atoms with E-state index in [4.69, 9.17) is 9.47 Å². The Morgan fingerprint density at radius 3 is 2.81 bits per heavy atom. The highest BCUT2D eigenvalue weighted by molar-refractivity contribution is 5.85. The molecule has 1 aromatic rings. The largest absolute Gasteiger partial charge is 0.497 e. The van der Waals surface area contributed by atoms with Gasteiger partial charge in [0, 0.05) is 12.6 Å². The van der Waals surface area contributed by atoms with Crippen LogP contribution in [0.5, 0.6) is 11.5 Å². The van der Waals surface area contributed by atoms with E-state index in [-0.39, 0.29) is 12.4 Å². The Morgan fingerprint density at radius 2 is 2.12 bits per heavy atom. The van der Waals surface area contributed by atoms with Gasteiger partial charge in [0.05, 0.1) is 7.11 Å². The van der Waals surface area contributed by atoms with Crippen LogP contribution in [0.1, 0.15) is 12.8 Å². The molecule has 0 spiro atoms. The predicted octanol–water partition coefficient (Wildman–Crippen LogP) is 2.25. The predicted molar refractivity (Wildman–Crippen MR) is 66.8 cm³/mol. The van der Waals surface area contributed by atoms with Gasteiger partial charge >= 0.3 is 0 Å². The van der Waals surface area contributed by atoms with Gasteiger partial charge in [-0.15, -0.1) is 12.4 Å². The van der Waals surface area contributed by atoms with Gasteiger partial charge in [0.2, 0.25) is 0 Å². The molecule has 4 heteroatoms. The van der Waals surface area contributed by atoms with Crippen molar-refractivity contribution in [2.24, 2.45) is 0 Å². The molecule has 1 N–H and O–H groups in total. The van der Waals surface area contributed by atoms with Crippen LogP contribution in [0.2, 0.25) is 0 Å². The molecule has 1 aromatic carbocycles. The summed E-state index contributed by atoms with van der Waals surface area (Å²) >= 11 is 0. The van der Waals surface area contributed by atoms with E-state index in [1.165, 1.54) is 6.42 Å². The number of rotatable bonds is 3. The van der Waals surface area contributed by atoms with Crippen molar-refractivity contribution in [3.8, 4) is 11.5 Å². The van der Waals surface area contributed by atoms with E-state index in [1.54, 1.807) is 7.11 Å². The Bertz CT molecular complexity index is 314. The highest BCUT2D eigenvalue weighted by Gasteiger charge is 2.14. The number of nitrogens with one attached hydrogen (secondary N) is 1. The van der Waals surface area contributed by atoms with Gasteiger partial charge < -0.3 is 14.8 Å². The van der Waals surface area contributed by atoms with E-state index in [2.05, 4.69) is 5.32 Å². The van der Waals surface area contributed by atoms with Crippen molar-refractivity contribution in [3.63, 3.8) is 0 Å². The SMILES string of the molecule is COc1cccc(OC2CCCNC2)c1.Cl. The molecule has 0 aromatic heterocycles. The summed E-state index contributed by atoms with van der Waals surface area (Å²) in [5, 5.41) is 3.33. The maximum atomic E-state index is 5.86. The average Bonchev–Trinajstić information content (AvgIpc) is 2.31. The van der Waals surface area contributed by atoms with Crippen LogP contribution in [0, 0.1) is 0 Å². The lowest BCUT2D eigenvalue weighted by Gasteiger charge is -2.24. The molecule has 0 amide bonds. The zero-order valence-electron chi connectivity index (χ0n) is 9.44. The molecule has 1 unspecified atom stereocenters. The molecule has 0 bridgehead atoms. The lowest BCUT2D eigenvalue weighted by atomic mass is 10.1. The Kier molecular flexibility index (Phi) is 5.43. The monoisotopic (exact) mass is 243 g/mol. The molecule has 0 aliphatic carbocycles. The highest BCUT2D eigenvalue weighted by atomic mass is 35.5. The third-order valence-electron chi connectivity index (χ3n) is 2.60. The number of ether oxygens (including phenoxy) is 2. The number of methoxy groups -OCH3 is 1. The van der Waals surface area contributed by atoms with Crippen molar-refractivity contribution >= 4 is 12.4 Å². The quantitative estimate of drug-likeness (QED) is 0.883. The molecule has 1 heterocycles. The van der Waals surface area contributed by atoms with Crippen molar-refractivity contribution in [3.05, 3.63) is 24.3 Å². The minimum Gasteiger partial charge on any atom is -0.497 e. The fraction of sp³-hybridized carbons (Fsp3) is 0.500. The minimum atomic E-state index is 0. The molecule has 1 aliphatic rings. The van der Waals surface area contributed by atoms with E-state index >= 15 is 0 Å². The number of benzene rings is 1. The standard InChI is InChI=1S/C12H17NO2.ClH/c1-14-10-4-2-5-11(8-10)15-12-6-3-7-13-9-12;/h2,4-5,8,12-13H,3,6-7,9H2,1H3;1H. The topological polar surface area (TPSA) is 30.5 Å². The number of hydrogen-bond acceptors (Lipinski definition) is 3. The Morgan fingerprint density at radius 1 is 1.31 bits per heavy atom. The van der Waals surface area contributed by atoms with E-state index in [0.717, 1.165) is 31.0 Å². The molecule has 3 nitrogen and oxygen atoms in total.